The molecule has 2 aromatic rings. The van der Waals surface area contributed by atoms with Crippen molar-refractivity contribution in [2.45, 2.75) is 24.8 Å². The molecule has 17 heavy (non-hydrogen) atoms. The summed E-state index contributed by atoms with van der Waals surface area (Å²) in [7, 11) is 0. The van der Waals surface area contributed by atoms with E-state index in [4.69, 9.17) is 10.3 Å². The normalized spacial score (nSPS) is 17.8. The second-order valence-electron chi connectivity index (χ2n) is 4.44. The Morgan fingerprint density at radius 3 is 2.53 bits per heavy atom. The quantitative estimate of drug-likeness (QED) is 0.925. The van der Waals surface area contributed by atoms with Gasteiger partial charge in [0.25, 0.3) is 0 Å². The van der Waals surface area contributed by atoms with Crippen LogP contribution < -0.4 is 5.73 Å². The van der Waals surface area contributed by atoms with Gasteiger partial charge in [0.2, 0.25) is 11.7 Å². The van der Waals surface area contributed by atoms with Gasteiger partial charge in [-0.05, 0) is 43.5 Å². The SMILES string of the molecule is NC1(c2nc(-c3ccc(Br)cc3)no2)CCC1. The van der Waals surface area contributed by atoms with Gasteiger partial charge in [0.05, 0.1) is 5.54 Å². The van der Waals surface area contributed by atoms with Gasteiger partial charge in [0.15, 0.2) is 0 Å². The third kappa shape index (κ3) is 1.89. The van der Waals surface area contributed by atoms with Gasteiger partial charge in [-0.3, -0.25) is 0 Å². The Bertz CT molecular complexity index is 531. The Hall–Kier alpha value is -1.20. The lowest BCUT2D eigenvalue weighted by Gasteiger charge is -2.33. The molecule has 0 amide bonds. The maximum absolute atomic E-state index is 6.14. The predicted molar refractivity (Wildman–Crippen MR) is 67.2 cm³/mol. The number of aromatic nitrogens is 2. The van der Waals surface area contributed by atoms with Crippen LogP contribution in [0.4, 0.5) is 0 Å². The highest BCUT2D eigenvalue weighted by atomic mass is 79.9. The van der Waals surface area contributed by atoms with Gasteiger partial charge >= 0.3 is 0 Å². The zero-order chi connectivity index (χ0) is 11.9. The fourth-order valence-corrected chi connectivity index (χ4v) is 2.18. The summed E-state index contributed by atoms with van der Waals surface area (Å²) in [4.78, 5) is 4.39. The van der Waals surface area contributed by atoms with Crippen molar-refractivity contribution < 1.29 is 4.52 Å². The van der Waals surface area contributed by atoms with E-state index in [1.807, 2.05) is 24.3 Å². The summed E-state index contributed by atoms with van der Waals surface area (Å²) in [6, 6.07) is 7.80. The largest absolute Gasteiger partial charge is 0.337 e. The highest BCUT2D eigenvalue weighted by Crippen LogP contribution is 2.38. The van der Waals surface area contributed by atoms with Crippen LogP contribution in [0.1, 0.15) is 25.2 Å². The number of benzene rings is 1. The minimum absolute atomic E-state index is 0.388. The molecule has 1 aromatic carbocycles. The van der Waals surface area contributed by atoms with Gasteiger partial charge in [0.1, 0.15) is 0 Å². The molecular weight excluding hydrogens is 282 g/mol. The first-order valence-corrected chi connectivity index (χ1v) is 6.36. The molecule has 4 nitrogen and oxygen atoms in total. The number of hydrogen-bond acceptors (Lipinski definition) is 4. The van der Waals surface area contributed by atoms with E-state index in [2.05, 4.69) is 26.1 Å². The molecule has 1 aromatic heterocycles. The van der Waals surface area contributed by atoms with Crippen molar-refractivity contribution in [1.29, 1.82) is 0 Å². The Kier molecular flexibility index (Phi) is 2.52. The number of hydrogen-bond donors (Lipinski definition) is 1. The van der Waals surface area contributed by atoms with E-state index in [0.717, 1.165) is 29.3 Å². The molecule has 0 radical (unpaired) electrons. The number of nitrogens with two attached hydrogens (primary N) is 1. The highest BCUT2D eigenvalue weighted by molar-refractivity contribution is 9.10. The van der Waals surface area contributed by atoms with Crippen molar-refractivity contribution in [3.63, 3.8) is 0 Å². The van der Waals surface area contributed by atoms with Crippen molar-refractivity contribution >= 4 is 15.9 Å². The van der Waals surface area contributed by atoms with Crippen LogP contribution in [-0.4, -0.2) is 10.1 Å². The van der Waals surface area contributed by atoms with E-state index in [1.165, 1.54) is 0 Å². The van der Waals surface area contributed by atoms with E-state index in [-0.39, 0.29) is 5.54 Å². The number of rotatable bonds is 2. The fraction of sp³-hybridized carbons (Fsp3) is 0.333. The van der Waals surface area contributed by atoms with Crippen molar-refractivity contribution in [1.82, 2.24) is 10.1 Å². The lowest BCUT2D eigenvalue weighted by Crippen LogP contribution is -2.43. The van der Waals surface area contributed by atoms with Crippen LogP contribution in [0.3, 0.4) is 0 Å². The van der Waals surface area contributed by atoms with E-state index < -0.39 is 0 Å². The van der Waals surface area contributed by atoms with E-state index in [1.54, 1.807) is 0 Å². The minimum atomic E-state index is -0.388. The second kappa shape index (κ2) is 3.92. The van der Waals surface area contributed by atoms with E-state index >= 15 is 0 Å². The first kappa shape index (κ1) is 10.9. The van der Waals surface area contributed by atoms with Crippen molar-refractivity contribution in [3.8, 4) is 11.4 Å². The smallest absolute Gasteiger partial charge is 0.247 e. The average molecular weight is 294 g/mol. The molecule has 0 unspecified atom stereocenters. The molecule has 0 saturated heterocycles. The molecule has 0 atom stereocenters. The standard InChI is InChI=1S/C12H12BrN3O/c13-9-4-2-8(3-5-9)10-15-11(17-16-10)12(14)6-1-7-12/h2-5H,1,6-7,14H2. The topological polar surface area (TPSA) is 64.9 Å². The lowest BCUT2D eigenvalue weighted by atomic mass is 9.78. The van der Waals surface area contributed by atoms with Gasteiger partial charge in [-0.2, -0.15) is 4.98 Å². The maximum atomic E-state index is 6.14. The summed E-state index contributed by atoms with van der Waals surface area (Å²) in [5, 5.41) is 3.98. The molecule has 0 bridgehead atoms. The van der Waals surface area contributed by atoms with Crippen LogP contribution in [0.5, 0.6) is 0 Å². The van der Waals surface area contributed by atoms with E-state index in [9.17, 15) is 0 Å². The maximum Gasteiger partial charge on any atom is 0.247 e. The lowest BCUT2D eigenvalue weighted by molar-refractivity contribution is 0.181. The van der Waals surface area contributed by atoms with Crippen LogP contribution in [0.15, 0.2) is 33.3 Å². The van der Waals surface area contributed by atoms with Gasteiger partial charge in [0, 0.05) is 10.0 Å². The Morgan fingerprint density at radius 1 is 1.24 bits per heavy atom. The zero-order valence-electron chi connectivity index (χ0n) is 9.19. The molecule has 3 rings (SSSR count). The molecular formula is C12H12BrN3O. The van der Waals surface area contributed by atoms with Crippen LogP contribution >= 0.6 is 15.9 Å². The summed E-state index contributed by atoms with van der Waals surface area (Å²) < 4.78 is 6.29. The van der Waals surface area contributed by atoms with Gasteiger partial charge in [-0.1, -0.05) is 21.1 Å². The van der Waals surface area contributed by atoms with Crippen LogP contribution in [-0.2, 0) is 5.54 Å². The minimum Gasteiger partial charge on any atom is -0.337 e. The molecule has 1 heterocycles. The predicted octanol–water partition coefficient (Wildman–Crippen LogP) is 2.84. The zero-order valence-corrected chi connectivity index (χ0v) is 10.8. The Labute approximate surface area is 107 Å². The average Bonchev–Trinajstić information content (AvgIpc) is 2.76. The van der Waals surface area contributed by atoms with Gasteiger partial charge < -0.3 is 10.3 Å². The van der Waals surface area contributed by atoms with Crippen LogP contribution in [0.2, 0.25) is 0 Å². The molecule has 1 fully saturated rings. The molecule has 5 heteroatoms. The molecule has 88 valence electrons. The number of halogens is 1. The van der Waals surface area contributed by atoms with Crippen LogP contribution in [0, 0.1) is 0 Å². The monoisotopic (exact) mass is 293 g/mol. The Morgan fingerprint density at radius 2 is 1.94 bits per heavy atom. The highest BCUT2D eigenvalue weighted by Gasteiger charge is 2.39. The Balaban J connectivity index is 1.92. The number of nitrogens with zero attached hydrogens (tertiary/aromatic N) is 2. The van der Waals surface area contributed by atoms with E-state index in [0.29, 0.717) is 11.7 Å². The van der Waals surface area contributed by atoms with Crippen LogP contribution in [0.25, 0.3) is 11.4 Å². The molecule has 1 saturated carbocycles. The fourth-order valence-electron chi connectivity index (χ4n) is 1.91. The van der Waals surface area contributed by atoms with Crippen molar-refractivity contribution in [2.75, 3.05) is 0 Å². The summed E-state index contributed by atoms with van der Waals surface area (Å²) in [5.74, 6) is 1.16. The van der Waals surface area contributed by atoms with Crippen molar-refractivity contribution in [2.24, 2.45) is 5.73 Å². The summed E-state index contributed by atoms with van der Waals surface area (Å²) in [5.41, 5.74) is 6.68. The summed E-state index contributed by atoms with van der Waals surface area (Å²) >= 11 is 3.39. The molecule has 1 aliphatic carbocycles. The van der Waals surface area contributed by atoms with Gasteiger partial charge in [-0.15, -0.1) is 0 Å². The van der Waals surface area contributed by atoms with Gasteiger partial charge in [-0.25, -0.2) is 0 Å². The molecule has 0 spiro atoms. The first-order valence-electron chi connectivity index (χ1n) is 5.56. The first-order chi connectivity index (χ1) is 8.17. The van der Waals surface area contributed by atoms with Crippen molar-refractivity contribution in [3.05, 3.63) is 34.6 Å². The summed E-state index contributed by atoms with van der Waals surface area (Å²) in [6.45, 7) is 0. The third-order valence-corrected chi connectivity index (χ3v) is 3.73. The molecule has 2 N–H and O–H groups in total. The third-order valence-electron chi connectivity index (χ3n) is 3.20. The summed E-state index contributed by atoms with van der Waals surface area (Å²) in [6.07, 6.45) is 2.98. The second-order valence-corrected chi connectivity index (χ2v) is 5.36. The molecule has 0 aliphatic heterocycles. The molecule has 1 aliphatic rings.